The number of benzene rings is 3. The highest BCUT2D eigenvalue weighted by molar-refractivity contribution is 6.35. The van der Waals surface area contributed by atoms with E-state index >= 15 is 0 Å². The first-order chi connectivity index (χ1) is 20.2. The molecule has 4 rings (SSSR count). The van der Waals surface area contributed by atoms with Crippen molar-refractivity contribution in [3.8, 4) is 6.07 Å². The van der Waals surface area contributed by atoms with Gasteiger partial charge in [-0.05, 0) is 47.6 Å². The van der Waals surface area contributed by atoms with Crippen molar-refractivity contribution in [2.75, 3.05) is 12.4 Å². The molecule has 1 N–H and O–H groups in total. The molecule has 1 amide bonds. The Kier molecular flexibility index (Phi) is 8.54. The van der Waals surface area contributed by atoms with Gasteiger partial charge in [-0.3, -0.25) is 9.59 Å². The second-order valence-corrected chi connectivity index (χ2v) is 9.33. The second kappa shape index (κ2) is 11.8. The van der Waals surface area contributed by atoms with E-state index in [-0.39, 0.29) is 27.7 Å². The molecule has 0 aliphatic heterocycles. The number of halogens is 8. The van der Waals surface area contributed by atoms with E-state index in [1.54, 1.807) is 6.07 Å². The molecule has 43 heavy (non-hydrogen) atoms. The summed E-state index contributed by atoms with van der Waals surface area (Å²) >= 11 is 6.12. The van der Waals surface area contributed by atoms with E-state index in [9.17, 15) is 45.6 Å². The highest BCUT2D eigenvalue weighted by Crippen LogP contribution is 2.34. The zero-order chi connectivity index (χ0) is 31.8. The van der Waals surface area contributed by atoms with Crippen LogP contribution in [-0.4, -0.2) is 34.4 Å². The zero-order valence-corrected chi connectivity index (χ0v) is 22.6. The third kappa shape index (κ3) is 6.05. The Morgan fingerprint density at radius 3 is 2.42 bits per heavy atom. The molecule has 4 aromatic rings. The smallest absolute Gasteiger partial charge is 0.396 e. The molecule has 0 atom stereocenters. The predicted molar refractivity (Wildman–Crippen MR) is 138 cm³/mol. The Bertz CT molecular complexity index is 1890. The van der Waals surface area contributed by atoms with E-state index in [1.165, 1.54) is 7.05 Å². The standard InChI is InChI=1S/C27H17ClF7N5O3/c1-39-23-17(10-36)22(24(41)16-8-14(29)3-4-18(16)28)19(9-20(23)40(11-21(31)32)26(39)38-43-2)37-25(42)12-5-13(27(33,34)35)7-15(30)6-12/h3-9,21H,11H2,1-2H3,(H,37,42)/b38-26+. The lowest BCUT2D eigenvalue weighted by molar-refractivity contribution is -0.137. The van der Waals surface area contributed by atoms with Crippen molar-refractivity contribution in [1.82, 2.24) is 9.13 Å². The molecule has 0 fully saturated rings. The lowest BCUT2D eigenvalue weighted by Crippen LogP contribution is -2.26. The van der Waals surface area contributed by atoms with Crippen molar-refractivity contribution in [2.24, 2.45) is 12.2 Å². The highest BCUT2D eigenvalue weighted by Gasteiger charge is 2.33. The van der Waals surface area contributed by atoms with Crippen molar-refractivity contribution >= 4 is 40.0 Å². The van der Waals surface area contributed by atoms with E-state index in [2.05, 4.69) is 10.5 Å². The van der Waals surface area contributed by atoms with Crippen LogP contribution in [0.5, 0.6) is 0 Å². The van der Waals surface area contributed by atoms with Crippen molar-refractivity contribution < 1.29 is 45.2 Å². The van der Waals surface area contributed by atoms with Gasteiger partial charge in [0.15, 0.2) is 5.78 Å². The molecule has 1 heterocycles. The topological polar surface area (TPSA) is 101 Å². The summed E-state index contributed by atoms with van der Waals surface area (Å²) in [7, 11) is 2.44. The van der Waals surface area contributed by atoms with E-state index < -0.39 is 76.0 Å². The summed E-state index contributed by atoms with van der Waals surface area (Å²) in [6, 6.07) is 6.51. The minimum Gasteiger partial charge on any atom is -0.396 e. The summed E-state index contributed by atoms with van der Waals surface area (Å²) in [6.07, 6.45) is -7.99. The molecule has 1 aromatic heterocycles. The Labute approximate surface area is 242 Å². The number of amides is 1. The first-order valence-electron chi connectivity index (χ1n) is 11.9. The maximum Gasteiger partial charge on any atom is 0.416 e. The van der Waals surface area contributed by atoms with Gasteiger partial charge in [0, 0.05) is 18.2 Å². The monoisotopic (exact) mass is 627 g/mol. The van der Waals surface area contributed by atoms with Crippen LogP contribution in [0.2, 0.25) is 5.02 Å². The van der Waals surface area contributed by atoms with Gasteiger partial charge in [-0.2, -0.15) is 18.4 Å². The number of carbonyl (C=O) groups excluding carboxylic acids is 2. The number of anilines is 1. The van der Waals surface area contributed by atoms with E-state index in [0.29, 0.717) is 12.1 Å². The SMILES string of the molecule is CO/N=c1\n(C)c2c(C#N)c(C(=O)c3cc(F)ccc3Cl)c(NC(=O)c3cc(F)cc(C(F)(F)F)c3)cc2n1CC(F)F. The minimum atomic E-state index is -5.02. The van der Waals surface area contributed by atoms with E-state index in [4.69, 9.17) is 16.4 Å². The van der Waals surface area contributed by atoms with Crippen LogP contribution in [0.25, 0.3) is 11.0 Å². The van der Waals surface area contributed by atoms with Crippen LogP contribution in [0.3, 0.4) is 0 Å². The number of nitriles is 1. The lowest BCUT2D eigenvalue weighted by atomic mass is 9.95. The summed E-state index contributed by atoms with van der Waals surface area (Å²) in [5.41, 5.74) is -5.03. The summed E-state index contributed by atoms with van der Waals surface area (Å²) in [5, 5.41) is 15.8. The van der Waals surface area contributed by atoms with Crippen LogP contribution in [0, 0.1) is 23.0 Å². The summed E-state index contributed by atoms with van der Waals surface area (Å²) in [4.78, 5) is 31.7. The Balaban J connectivity index is 2.07. The van der Waals surface area contributed by atoms with Gasteiger partial charge in [-0.25, -0.2) is 17.6 Å². The second-order valence-electron chi connectivity index (χ2n) is 8.92. The van der Waals surface area contributed by atoms with Gasteiger partial charge >= 0.3 is 6.18 Å². The van der Waals surface area contributed by atoms with Gasteiger partial charge in [-0.1, -0.05) is 11.6 Å². The molecule has 0 spiro atoms. The highest BCUT2D eigenvalue weighted by atomic mass is 35.5. The largest absolute Gasteiger partial charge is 0.416 e. The van der Waals surface area contributed by atoms with Crippen LogP contribution in [0.1, 0.15) is 37.4 Å². The van der Waals surface area contributed by atoms with E-state index in [1.807, 2.05) is 0 Å². The third-order valence-electron chi connectivity index (χ3n) is 6.19. The van der Waals surface area contributed by atoms with Crippen LogP contribution in [0.4, 0.5) is 36.4 Å². The normalized spacial score (nSPS) is 12.1. The number of carbonyl (C=O) groups is 2. The Morgan fingerprint density at radius 2 is 1.81 bits per heavy atom. The van der Waals surface area contributed by atoms with Gasteiger partial charge in [0.2, 0.25) is 5.62 Å². The van der Waals surface area contributed by atoms with Crippen molar-refractivity contribution in [3.63, 3.8) is 0 Å². The molecule has 0 aliphatic rings. The average molecular weight is 628 g/mol. The van der Waals surface area contributed by atoms with Crippen LogP contribution >= 0.6 is 11.6 Å². The fraction of sp³-hybridized carbons (Fsp3) is 0.185. The fourth-order valence-electron chi connectivity index (χ4n) is 4.43. The number of hydrogen-bond acceptors (Lipinski definition) is 5. The van der Waals surface area contributed by atoms with Crippen molar-refractivity contribution in [3.05, 3.63) is 92.6 Å². The van der Waals surface area contributed by atoms with Gasteiger partial charge in [0.25, 0.3) is 12.3 Å². The summed E-state index contributed by atoms with van der Waals surface area (Å²) in [5.74, 6) is -4.77. The number of aromatic nitrogens is 2. The first kappa shape index (κ1) is 31.1. The fourth-order valence-corrected chi connectivity index (χ4v) is 4.63. The molecule has 0 saturated heterocycles. The maximum atomic E-state index is 14.1. The number of rotatable bonds is 7. The average Bonchev–Trinajstić information content (AvgIpc) is 3.17. The Morgan fingerprint density at radius 1 is 1.12 bits per heavy atom. The summed E-state index contributed by atoms with van der Waals surface area (Å²) < 4.78 is 97.3. The molecule has 0 aliphatic carbocycles. The predicted octanol–water partition coefficient (Wildman–Crippen LogP) is 6.01. The number of nitrogens with zero attached hydrogens (tertiary/aromatic N) is 4. The number of hydrogen-bond donors (Lipinski definition) is 1. The number of imidazole rings is 1. The molecule has 8 nitrogen and oxygen atoms in total. The molecular weight excluding hydrogens is 611 g/mol. The van der Waals surface area contributed by atoms with E-state index in [0.717, 1.165) is 40.5 Å². The summed E-state index contributed by atoms with van der Waals surface area (Å²) in [6.45, 7) is -1.00. The Hall–Kier alpha value is -4.84. The zero-order valence-electron chi connectivity index (χ0n) is 21.9. The molecule has 3 aromatic carbocycles. The van der Waals surface area contributed by atoms with Gasteiger partial charge in [0.05, 0.1) is 45.0 Å². The first-order valence-corrected chi connectivity index (χ1v) is 12.3. The number of fused-ring (bicyclic) bond motifs is 1. The molecule has 224 valence electrons. The van der Waals surface area contributed by atoms with Crippen LogP contribution in [0.15, 0.2) is 47.6 Å². The molecule has 16 heteroatoms. The van der Waals surface area contributed by atoms with Gasteiger partial charge in [-0.15, -0.1) is 0 Å². The van der Waals surface area contributed by atoms with Gasteiger partial charge < -0.3 is 19.3 Å². The number of ketones is 1. The number of alkyl halides is 5. The minimum absolute atomic E-state index is 0.141. The molecule has 0 saturated carbocycles. The van der Waals surface area contributed by atoms with Crippen molar-refractivity contribution in [1.29, 1.82) is 5.26 Å². The molecule has 0 radical (unpaired) electrons. The van der Waals surface area contributed by atoms with Crippen molar-refractivity contribution in [2.45, 2.75) is 19.1 Å². The van der Waals surface area contributed by atoms with Crippen LogP contribution in [-0.2, 0) is 24.6 Å². The van der Waals surface area contributed by atoms with Crippen LogP contribution < -0.4 is 10.9 Å². The lowest BCUT2D eigenvalue weighted by Gasteiger charge is -2.16. The number of nitrogens with one attached hydrogen (secondary N) is 1. The maximum absolute atomic E-state index is 14.1. The quantitative estimate of drug-likeness (QED) is 0.154. The number of aryl methyl sites for hydroxylation is 1. The molecular formula is C27H17ClF7N5O3. The van der Waals surface area contributed by atoms with Gasteiger partial charge in [0.1, 0.15) is 24.8 Å². The third-order valence-corrected chi connectivity index (χ3v) is 6.52. The molecule has 0 unspecified atom stereocenters. The molecule has 0 bridgehead atoms.